The molecular weight excluding hydrogens is 247 g/mol. The van der Waals surface area contributed by atoms with E-state index in [-0.39, 0.29) is 8.35 Å². The molecule has 0 N–H and O–H groups in total. The molecule has 1 unspecified atom stereocenters. The highest BCUT2D eigenvalue weighted by atomic mass is 35.5. The Kier molecular flexibility index (Phi) is 3.13. The van der Waals surface area contributed by atoms with Gasteiger partial charge in [0, 0.05) is 11.6 Å². The first-order valence-electron chi connectivity index (χ1n) is 4.81. The van der Waals surface area contributed by atoms with Crippen LogP contribution in [0.4, 0.5) is 0 Å². The number of fused-ring (bicyclic) bond motifs is 1. The summed E-state index contributed by atoms with van der Waals surface area (Å²) in [6.07, 6.45) is 1.46. The number of carbonyl (C=O) groups excluding carboxylic acids is 1. The van der Waals surface area contributed by atoms with E-state index in [2.05, 4.69) is 9.73 Å². The van der Waals surface area contributed by atoms with Crippen LogP contribution in [0, 0.1) is 6.92 Å². The summed E-state index contributed by atoms with van der Waals surface area (Å²) in [5, 5.41) is 2.02. The zero-order valence-corrected chi connectivity index (χ0v) is 10.6. The molecule has 2 aromatic heterocycles. The van der Waals surface area contributed by atoms with Crippen molar-refractivity contribution >= 4 is 36.6 Å². The van der Waals surface area contributed by atoms with Gasteiger partial charge in [-0.1, -0.05) is 11.6 Å². The Morgan fingerprint density at radius 1 is 1.62 bits per heavy atom. The van der Waals surface area contributed by atoms with Gasteiger partial charge in [-0.2, -0.15) is 0 Å². The van der Waals surface area contributed by atoms with Gasteiger partial charge >= 0.3 is 5.97 Å². The molecule has 0 aliphatic heterocycles. The lowest BCUT2D eigenvalue weighted by molar-refractivity contribution is 0.0526. The van der Waals surface area contributed by atoms with E-state index in [1.54, 1.807) is 6.92 Å². The first-order valence-corrected chi connectivity index (χ1v) is 6.14. The van der Waals surface area contributed by atoms with E-state index in [0.717, 1.165) is 16.3 Å². The van der Waals surface area contributed by atoms with Crippen LogP contribution in [-0.4, -0.2) is 22.3 Å². The van der Waals surface area contributed by atoms with E-state index in [4.69, 9.17) is 16.3 Å². The molecule has 0 fully saturated rings. The van der Waals surface area contributed by atoms with Crippen molar-refractivity contribution < 1.29 is 9.53 Å². The van der Waals surface area contributed by atoms with Crippen molar-refractivity contribution in [2.75, 3.05) is 6.61 Å². The van der Waals surface area contributed by atoms with Gasteiger partial charge in [-0.25, -0.2) is 14.5 Å². The Morgan fingerprint density at radius 2 is 2.38 bits per heavy atom. The summed E-state index contributed by atoms with van der Waals surface area (Å²) in [5.41, 5.74) is 1.14. The van der Waals surface area contributed by atoms with Crippen LogP contribution >= 0.6 is 20.0 Å². The van der Waals surface area contributed by atoms with E-state index in [0.29, 0.717) is 17.2 Å². The summed E-state index contributed by atoms with van der Waals surface area (Å²) < 4.78 is 9.16. The Morgan fingerprint density at radius 3 is 3.06 bits per heavy atom. The standard InChI is InChI=1S/C10H10ClN2O2P/c1-3-15-10(14)6-4-12-9-7(8(6)11)5(2)13-16-9/h4,16H,3H2,1-2H3. The molecular formula is C10H10ClN2O2P. The van der Waals surface area contributed by atoms with Crippen LogP contribution < -0.4 is 0 Å². The third-order valence-corrected chi connectivity index (χ3v) is 3.63. The Labute approximate surface area is 99.1 Å². The fraction of sp³-hybridized carbons (Fsp3) is 0.300. The number of nitrogens with zero attached hydrogens (tertiary/aromatic N) is 2. The second-order valence-corrected chi connectivity index (χ2v) is 4.54. The SMILES string of the molecule is CCOC(=O)c1cnc2[pH]nc(C)c2c1Cl. The maximum absolute atomic E-state index is 11.6. The Hall–Kier alpha value is -1.12. The van der Waals surface area contributed by atoms with Gasteiger partial charge in [0.2, 0.25) is 0 Å². The first kappa shape index (κ1) is 11.4. The van der Waals surface area contributed by atoms with Crippen LogP contribution in [0.2, 0.25) is 5.02 Å². The minimum Gasteiger partial charge on any atom is -0.462 e. The summed E-state index contributed by atoms with van der Waals surface area (Å²) in [7, 11) is 0.288. The smallest absolute Gasteiger partial charge is 0.341 e. The average molecular weight is 257 g/mol. The number of aromatic nitrogens is 2. The van der Waals surface area contributed by atoms with Gasteiger partial charge in [0.15, 0.2) is 0 Å². The van der Waals surface area contributed by atoms with Crippen LogP contribution in [0.3, 0.4) is 0 Å². The maximum atomic E-state index is 11.6. The summed E-state index contributed by atoms with van der Waals surface area (Å²) in [4.78, 5) is 15.8. The average Bonchev–Trinajstić information content (AvgIpc) is 2.62. The molecule has 6 heteroatoms. The maximum Gasteiger partial charge on any atom is 0.341 e. The highest BCUT2D eigenvalue weighted by Crippen LogP contribution is 2.32. The Balaban J connectivity index is 2.59. The van der Waals surface area contributed by atoms with Crippen molar-refractivity contribution in [3.63, 3.8) is 0 Å². The van der Waals surface area contributed by atoms with Gasteiger partial charge in [0.1, 0.15) is 5.25 Å². The molecule has 0 aromatic carbocycles. The van der Waals surface area contributed by atoms with Crippen LogP contribution in [0.15, 0.2) is 6.20 Å². The highest BCUT2D eigenvalue weighted by molar-refractivity contribution is 7.32. The molecule has 4 nitrogen and oxygen atoms in total. The van der Waals surface area contributed by atoms with Crippen LogP contribution in [-0.2, 0) is 4.74 Å². The molecule has 0 aliphatic carbocycles. The fourth-order valence-corrected chi connectivity index (χ4v) is 2.80. The monoisotopic (exact) mass is 256 g/mol. The van der Waals surface area contributed by atoms with Crippen molar-refractivity contribution in [3.8, 4) is 0 Å². The molecule has 2 aromatic rings. The number of halogens is 1. The molecule has 0 amide bonds. The van der Waals surface area contributed by atoms with Gasteiger partial charge < -0.3 is 4.74 Å². The molecule has 2 heterocycles. The lowest BCUT2D eigenvalue weighted by Crippen LogP contribution is -2.06. The van der Waals surface area contributed by atoms with E-state index in [1.807, 2.05) is 6.92 Å². The van der Waals surface area contributed by atoms with E-state index >= 15 is 0 Å². The number of rotatable bonds is 2. The summed E-state index contributed by atoms with van der Waals surface area (Å²) in [6, 6.07) is 0. The number of aryl methyl sites for hydroxylation is 1. The molecule has 2 rings (SSSR count). The first-order chi connectivity index (χ1) is 7.65. The van der Waals surface area contributed by atoms with Gasteiger partial charge in [-0.05, 0) is 22.2 Å². The summed E-state index contributed by atoms with van der Waals surface area (Å²) in [5.74, 6) is -0.439. The van der Waals surface area contributed by atoms with Gasteiger partial charge in [-0.3, -0.25) is 0 Å². The lowest BCUT2D eigenvalue weighted by atomic mass is 10.2. The zero-order valence-electron chi connectivity index (χ0n) is 8.87. The van der Waals surface area contributed by atoms with Crippen LogP contribution in [0.1, 0.15) is 23.0 Å². The van der Waals surface area contributed by atoms with Gasteiger partial charge in [0.05, 0.1) is 22.9 Å². The topological polar surface area (TPSA) is 52.1 Å². The minimum absolute atomic E-state index is 0.288. The van der Waals surface area contributed by atoms with E-state index < -0.39 is 5.97 Å². The largest absolute Gasteiger partial charge is 0.462 e. The quantitative estimate of drug-likeness (QED) is 0.776. The molecule has 0 saturated heterocycles. The second-order valence-electron chi connectivity index (χ2n) is 3.24. The van der Waals surface area contributed by atoms with Crippen molar-refractivity contribution in [1.29, 1.82) is 0 Å². The van der Waals surface area contributed by atoms with Crippen molar-refractivity contribution in [2.24, 2.45) is 0 Å². The number of carbonyl (C=O) groups is 1. The zero-order chi connectivity index (χ0) is 11.7. The fourth-order valence-electron chi connectivity index (χ4n) is 1.45. The molecule has 0 radical (unpaired) electrons. The van der Waals surface area contributed by atoms with Crippen molar-refractivity contribution in [3.05, 3.63) is 22.5 Å². The molecule has 0 bridgehead atoms. The molecule has 0 spiro atoms. The van der Waals surface area contributed by atoms with Crippen LogP contribution in [0.25, 0.3) is 10.6 Å². The van der Waals surface area contributed by atoms with Gasteiger partial charge in [-0.15, -0.1) is 0 Å². The second kappa shape index (κ2) is 4.40. The van der Waals surface area contributed by atoms with Crippen LogP contribution in [0.5, 0.6) is 0 Å². The van der Waals surface area contributed by atoms with Gasteiger partial charge in [0.25, 0.3) is 0 Å². The predicted molar refractivity (Wildman–Crippen MR) is 64.7 cm³/mol. The Bertz CT molecular complexity index is 553. The predicted octanol–water partition coefficient (Wildman–Crippen LogP) is 2.80. The number of pyridine rings is 1. The number of hydrogen-bond acceptors (Lipinski definition) is 4. The number of hydrogen-bond donors (Lipinski definition) is 0. The number of ether oxygens (including phenoxy) is 1. The van der Waals surface area contributed by atoms with E-state index in [1.165, 1.54) is 6.20 Å². The number of esters is 1. The third kappa shape index (κ3) is 1.79. The highest BCUT2D eigenvalue weighted by Gasteiger charge is 2.17. The molecule has 84 valence electrons. The molecule has 0 aliphatic rings. The van der Waals surface area contributed by atoms with Crippen molar-refractivity contribution in [1.82, 2.24) is 9.73 Å². The third-order valence-electron chi connectivity index (χ3n) is 2.20. The van der Waals surface area contributed by atoms with Crippen molar-refractivity contribution in [2.45, 2.75) is 13.8 Å². The molecule has 16 heavy (non-hydrogen) atoms. The normalized spacial score (nSPS) is 11.2. The van der Waals surface area contributed by atoms with E-state index in [9.17, 15) is 4.79 Å². The minimum atomic E-state index is -0.439. The molecule has 0 saturated carbocycles. The summed E-state index contributed by atoms with van der Waals surface area (Å²) >= 11 is 6.16. The summed E-state index contributed by atoms with van der Waals surface area (Å²) in [6.45, 7) is 3.93. The lowest BCUT2D eigenvalue weighted by Gasteiger charge is -2.04. The molecule has 1 atom stereocenters.